The van der Waals surface area contributed by atoms with Crippen LogP contribution in [0.1, 0.15) is 24.2 Å². The van der Waals surface area contributed by atoms with Gasteiger partial charge in [0.1, 0.15) is 5.75 Å². The Balaban J connectivity index is 2.82. The van der Waals surface area contributed by atoms with E-state index in [2.05, 4.69) is 4.98 Å². The fourth-order valence-corrected chi connectivity index (χ4v) is 1.90. The fourth-order valence-electron chi connectivity index (χ4n) is 1.90. The Bertz CT molecular complexity index is 521. The lowest BCUT2D eigenvalue weighted by Gasteiger charge is -2.12. The molecule has 0 aliphatic carbocycles. The molecule has 0 aliphatic heterocycles. The highest BCUT2D eigenvalue weighted by Gasteiger charge is 2.10. The summed E-state index contributed by atoms with van der Waals surface area (Å²) in [5, 5.41) is 1.02. The second-order valence-electron chi connectivity index (χ2n) is 4.00. The van der Waals surface area contributed by atoms with Crippen LogP contribution in [0.3, 0.4) is 0 Å². The quantitative estimate of drug-likeness (QED) is 0.839. The lowest BCUT2D eigenvalue weighted by molar-refractivity contribution is 0.419. The largest absolute Gasteiger partial charge is 0.496 e. The van der Waals surface area contributed by atoms with Gasteiger partial charge in [0.25, 0.3) is 0 Å². The van der Waals surface area contributed by atoms with Crippen molar-refractivity contribution in [2.45, 2.75) is 19.9 Å². The van der Waals surface area contributed by atoms with E-state index in [-0.39, 0.29) is 6.04 Å². The molecule has 3 heteroatoms. The average molecular weight is 216 g/mol. The summed E-state index contributed by atoms with van der Waals surface area (Å²) >= 11 is 0. The number of benzene rings is 1. The summed E-state index contributed by atoms with van der Waals surface area (Å²) in [6.45, 7) is 3.92. The third-order valence-electron chi connectivity index (χ3n) is 2.67. The molecular formula is C13H16N2O. The summed E-state index contributed by atoms with van der Waals surface area (Å²) in [5.41, 5.74) is 8.88. The lowest BCUT2D eigenvalue weighted by Crippen LogP contribution is -2.06. The monoisotopic (exact) mass is 216 g/mol. The van der Waals surface area contributed by atoms with Crippen LogP contribution in [0.2, 0.25) is 0 Å². The van der Waals surface area contributed by atoms with E-state index in [0.717, 1.165) is 27.9 Å². The van der Waals surface area contributed by atoms with E-state index in [1.165, 1.54) is 0 Å². The maximum atomic E-state index is 5.94. The number of fused-ring (bicyclic) bond motifs is 1. The molecule has 0 aliphatic rings. The Hall–Kier alpha value is -1.61. The molecular weight excluding hydrogens is 200 g/mol. The first-order valence-electron chi connectivity index (χ1n) is 5.33. The zero-order valence-electron chi connectivity index (χ0n) is 9.82. The number of nitrogens with zero attached hydrogens (tertiary/aromatic N) is 1. The van der Waals surface area contributed by atoms with Crippen LogP contribution in [0.25, 0.3) is 10.9 Å². The summed E-state index contributed by atoms with van der Waals surface area (Å²) in [5.74, 6) is 0.852. The zero-order chi connectivity index (χ0) is 11.7. The van der Waals surface area contributed by atoms with E-state index in [1.807, 2.05) is 38.1 Å². The molecule has 1 unspecified atom stereocenters. The normalized spacial score (nSPS) is 12.8. The molecule has 0 amide bonds. The van der Waals surface area contributed by atoms with Gasteiger partial charge in [-0.2, -0.15) is 0 Å². The van der Waals surface area contributed by atoms with Crippen LogP contribution in [0.4, 0.5) is 0 Å². The molecule has 84 valence electrons. The van der Waals surface area contributed by atoms with Crippen molar-refractivity contribution in [1.82, 2.24) is 4.98 Å². The van der Waals surface area contributed by atoms with Crippen molar-refractivity contribution in [3.63, 3.8) is 0 Å². The number of para-hydroxylation sites is 1. The van der Waals surface area contributed by atoms with Gasteiger partial charge in [-0.15, -0.1) is 0 Å². The van der Waals surface area contributed by atoms with Gasteiger partial charge in [0.15, 0.2) is 0 Å². The van der Waals surface area contributed by atoms with Crippen molar-refractivity contribution < 1.29 is 4.74 Å². The van der Waals surface area contributed by atoms with Gasteiger partial charge in [-0.1, -0.05) is 12.1 Å². The van der Waals surface area contributed by atoms with E-state index >= 15 is 0 Å². The first-order valence-corrected chi connectivity index (χ1v) is 5.33. The molecule has 0 bridgehead atoms. The average Bonchev–Trinajstić information content (AvgIpc) is 2.26. The molecule has 1 aromatic heterocycles. The third-order valence-corrected chi connectivity index (χ3v) is 2.67. The van der Waals surface area contributed by atoms with Gasteiger partial charge in [-0.05, 0) is 25.5 Å². The Morgan fingerprint density at radius 3 is 2.75 bits per heavy atom. The van der Waals surface area contributed by atoms with E-state index in [4.69, 9.17) is 10.5 Å². The first kappa shape index (κ1) is 10.9. The number of hydrogen-bond acceptors (Lipinski definition) is 3. The number of hydrogen-bond donors (Lipinski definition) is 1. The third kappa shape index (κ3) is 1.74. The van der Waals surface area contributed by atoms with E-state index in [9.17, 15) is 0 Å². The van der Waals surface area contributed by atoms with Crippen LogP contribution in [0.5, 0.6) is 5.75 Å². The molecule has 0 saturated heterocycles. The van der Waals surface area contributed by atoms with Crippen LogP contribution in [-0.2, 0) is 0 Å². The molecule has 2 rings (SSSR count). The SMILES string of the molecule is COc1cc(C)nc2c(C(C)N)cccc12. The molecule has 0 radical (unpaired) electrons. The second-order valence-corrected chi connectivity index (χ2v) is 4.00. The molecule has 1 heterocycles. The van der Waals surface area contributed by atoms with E-state index < -0.39 is 0 Å². The number of pyridine rings is 1. The van der Waals surface area contributed by atoms with Gasteiger partial charge < -0.3 is 10.5 Å². The van der Waals surface area contributed by atoms with Crippen molar-refractivity contribution in [2.75, 3.05) is 7.11 Å². The highest BCUT2D eigenvalue weighted by atomic mass is 16.5. The van der Waals surface area contributed by atoms with Gasteiger partial charge in [-0.3, -0.25) is 4.98 Å². The van der Waals surface area contributed by atoms with E-state index in [0.29, 0.717) is 0 Å². The topological polar surface area (TPSA) is 48.1 Å². The number of ether oxygens (including phenoxy) is 1. The van der Waals surface area contributed by atoms with Gasteiger partial charge >= 0.3 is 0 Å². The summed E-state index contributed by atoms with van der Waals surface area (Å²) in [6.07, 6.45) is 0. The maximum Gasteiger partial charge on any atom is 0.130 e. The lowest BCUT2D eigenvalue weighted by atomic mass is 10.0. The molecule has 16 heavy (non-hydrogen) atoms. The molecule has 2 N–H and O–H groups in total. The molecule has 3 nitrogen and oxygen atoms in total. The summed E-state index contributed by atoms with van der Waals surface area (Å²) in [6, 6.07) is 7.92. The van der Waals surface area contributed by atoms with Crippen molar-refractivity contribution in [1.29, 1.82) is 0 Å². The Morgan fingerprint density at radius 2 is 2.12 bits per heavy atom. The summed E-state index contributed by atoms with van der Waals surface area (Å²) in [4.78, 5) is 4.55. The highest BCUT2D eigenvalue weighted by molar-refractivity contribution is 5.88. The fraction of sp³-hybridized carbons (Fsp3) is 0.308. The summed E-state index contributed by atoms with van der Waals surface area (Å²) < 4.78 is 5.36. The van der Waals surface area contributed by atoms with Crippen LogP contribution in [0, 0.1) is 6.92 Å². The first-order chi connectivity index (χ1) is 7.63. The van der Waals surface area contributed by atoms with Gasteiger partial charge in [-0.25, -0.2) is 0 Å². The molecule has 0 fully saturated rings. The van der Waals surface area contributed by atoms with Crippen LogP contribution in [0.15, 0.2) is 24.3 Å². The minimum atomic E-state index is -0.0253. The smallest absolute Gasteiger partial charge is 0.130 e. The van der Waals surface area contributed by atoms with Crippen molar-refractivity contribution >= 4 is 10.9 Å². The Morgan fingerprint density at radius 1 is 1.38 bits per heavy atom. The second kappa shape index (κ2) is 4.10. The molecule has 1 aromatic carbocycles. The molecule has 0 spiro atoms. The maximum absolute atomic E-state index is 5.94. The van der Waals surface area contributed by atoms with Gasteiger partial charge in [0.2, 0.25) is 0 Å². The van der Waals surface area contributed by atoms with Crippen molar-refractivity contribution in [2.24, 2.45) is 5.73 Å². The standard InChI is InChI=1S/C13H16N2O/c1-8-7-12(16-3)11-6-4-5-10(9(2)14)13(11)15-8/h4-7,9H,14H2,1-3H3. The van der Waals surface area contributed by atoms with Crippen LogP contribution < -0.4 is 10.5 Å². The minimum Gasteiger partial charge on any atom is -0.496 e. The zero-order valence-corrected chi connectivity index (χ0v) is 9.82. The Labute approximate surface area is 95.2 Å². The van der Waals surface area contributed by atoms with Crippen LogP contribution >= 0.6 is 0 Å². The van der Waals surface area contributed by atoms with Crippen LogP contribution in [-0.4, -0.2) is 12.1 Å². The number of aromatic nitrogens is 1. The Kier molecular flexibility index (Phi) is 2.79. The number of nitrogens with two attached hydrogens (primary N) is 1. The van der Waals surface area contributed by atoms with Gasteiger partial charge in [0.05, 0.1) is 12.6 Å². The summed E-state index contributed by atoms with van der Waals surface area (Å²) in [7, 11) is 1.67. The predicted octanol–water partition coefficient (Wildman–Crippen LogP) is 2.57. The van der Waals surface area contributed by atoms with Crippen molar-refractivity contribution in [3.05, 3.63) is 35.5 Å². The minimum absolute atomic E-state index is 0.0253. The number of methoxy groups -OCH3 is 1. The predicted molar refractivity (Wildman–Crippen MR) is 65.6 cm³/mol. The van der Waals surface area contributed by atoms with Gasteiger partial charge in [0, 0.05) is 23.2 Å². The molecule has 2 aromatic rings. The molecule has 1 atom stereocenters. The number of rotatable bonds is 2. The van der Waals surface area contributed by atoms with Crippen molar-refractivity contribution in [3.8, 4) is 5.75 Å². The highest BCUT2D eigenvalue weighted by Crippen LogP contribution is 2.29. The number of aryl methyl sites for hydroxylation is 1. The van der Waals surface area contributed by atoms with E-state index in [1.54, 1.807) is 7.11 Å². The molecule has 0 saturated carbocycles.